The summed E-state index contributed by atoms with van der Waals surface area (Å²) in [5.41, 5.74) is 6.01. The van der Waals surface area contributed by atoms with E-state index in [-0.39, 0.29) is 11.3 Å². The number of carbonyl (C=O) groups excluding carboxylic acids is 1. The van der Waals surface area contributed by atoms with E-state index in [1.807, 2.05) is 0 Å². The minimum absolute atomic E-state index is 0.153. The molecule has 2 fully saturated rings. The highest BCUT2D eigenvalue weighted by Gasteiger charge is 2.37. The van der Waals surface area contributed by atoms with Crippen molar-refractivity contribution in [1.29, 1.82) is 0 Å². The molecule has 1 aliphatic heterocycles. The summed E-state index contributed by atoms with van der Waals surface area (Å²) in [5, 5.41) is 0. The van der Waals surface area contributed by atoms with Gasteiger partial charge in [-0.3, -0.25) is 4.79 Å². The SMILES string of the molecule is CCCC(CC1CCCC1)C(=O)N1CCC(C)(CN)C1. The van der Waals surface area contributed by atoms with Gasteiger partial charge in [-0.2, -0.15) is 0 Å². The van der Waals surface area contributed by atoms with Gasteiger partial charge in [0.05, 0.1) is 0 Å². The lowest BCUT2D eigenvalue weighted by Gasteiger charge is -2.27. The van der Waals surface area contributed by atoms with Gasteiger partial charge in [0, 0.05) is 19.0 Å². The van der Waals surface area contributed by atoms with Crippen molar-refractivity contribution in [2.45, 2.75) is 65.2 Å². The van der Waals surface area contributed by atoms with Gasteiger partial charge in [0.15, 0.2) is 0 Å². The van der Waals surface area contributed by atoms with E-state index in [2.05, 4.69) is 18.7 Å². The number of nitrogens with two attached hydrogens (primary N) is 1. The molecule has 2 unspecified atom stereocenters. The van der Waals surface area contributed by atoms with Gasteiger partial charge in [0.2, 0.25) is 5.91 Å². The fourth-order valence-electron chi connectivity index (χ4n) is 3.98. The Morgan fingerprint density at radius 1 is 1.40 bits per heavy atom. The van der Waals surface area contributed by atoms with E-state index in [4.69, 9.17) is 5.73 Å². The number of hydrogen-bond donors (Lipinski definition) is 1. The monoisotopic (exact) mass is 280 g/mol. The molecule has 2 N–H and O–H groups in total. The molecule has 0 aromatic rings. The van der Waals surface area contributed by atoms with Gasteiger partial charge in [-0.25, -0.2) is 0 Å². The number of amides is 1. The average Bonchev–Trinajstić information content (AvgIpc) is 3.08. The van der Waals surface area contributed by atoms with Gasteiger partial charge in [-0.15, -0.1) is 0 Å². The number of rotatable bonds is 6. The van der Waals surface area contributed by atoms with Crippen molar-refractivity contribution in [3.05, 3.63) is 0 Å². The van der Waals surface area contributed by atoms with Crippen LogP contribution in [0.1, 0.15) is 65.2 Å². The third kappa shape index (κ3) is 3.75. The van der Waals surface area contributed by atoms with Crippen LogP contribution in [0.5, 0.6) is 0 Å². The zero-order chi connectivity index (χ0) is 14.6. The molecule has 1 heterocycles. The Morgan fingerprint density at radius 3 is 2.65 bits per heavy atom. The average molecular weight is 280 g/mol. The Morgan fingerprint density at radius 2 is 2.10 bits per heavy atom. The Balaban J connectivity index is 1.92. The lowest BCUT2D eigenvalue weighted by atomic mass is 9.88. The molecule has 0 aromatic heterocycles. The van der Waals surface area contributed by atoms with Gasteiger partial charge in [0.25, 0.3) is 0 Å². The molecule has 0 bridgehead atoms. The third-order valence-corrected chi connectivity index (χ3v) is 5.44. The molecule has 0 aromatic carbocycles. The van der Waals surface area contributed by atoms with E-state index in [9.17, 15) is 4.79 Å². The maximum absolute atomic E-state index is 12.8. The van der Waals surface area contributed by atoms with Crippen molar-refractivity contribution >= 4 is 5.91 Å². The minimum Gasteiger partial charge on any atom is -0.342 e. The van der Waals surface area contributed by atoms with Crippen molar-refractivity contribution in [1.82, 2.24) is 4.90 Å². The molecule has 0 radical (unpaired) electrons. The summed E-state index contributed by atoms with van der Waals surface area (Å²) in [5.74, 6) is 1.48. The van der Waals surface area contributed by atoms with Crippen LogP contribution in [-0.2, 0) is 4.79 Å². The van der Waals surface area contributed by atoms with Crippen LogP contribution in [0.4, 0.5) is 0 Å². The summed E-state index contributed by atoms with van der Waals surface area (Å²) in [4.78, 5) is 14.9. The first-order chi connectivity index (χ1) is 9.58. The molecule has 3 nitrogen and oxygen atoms in total. The minimum atomic E-state index is 0.153. The number of likely N-dealkylation sites (tertiary alicyclic amines) is 1. The fraction of sp³-hybridized carbons (Fsp3) is 0.941. The molecule has 1 saturated heterocycles. The molecule has 0 spiro atoms. The van der Waals surface area contributed by atoms with E-state index in [0.717, 1.165) is 44.7 Å². The van der Waals surface area contributed by atoms with Gasteiger partial charge < -0.3 is 10.6 Å². The topological polar surface area (TPSA) is 46.3 Å². The molecule has 1 aliphatic carbocycles. The molecule has 2 atom stereocenters. The second-order valence-electron chi connectivity index (χ2n) is 7.40. The van der Waals surface area contributed by atoms with Gasteiger partial charge in [-0.05, 0) is 37.1 Å². The second-order valence-corrected chi connectivity index (χ2v) is 7.40. The Bertz CT molecular complexity index is 325. The summed E-state index contributed by atoms with van der Waals surface area (Å²) in [6.07, 6.45) is 9.79. The molecule has 3 heteroatoms. The van der Waals surface area contributed by atoms with Crippen LogP contribution in [0.2, 0.25) is 0 Å². The van der Waals surface area contributed by atoms with Gasteiger partial charge in [-0.1, -0.05) is 46.0 Å². The molecular formula is C17H32N2O. The Hall–Kier alpha value is -0.570. The molecule has 2 aliphatic rings. The summed E-state index contributed by atoms with van der Waals surface area (Å²) in [6.45, 7) is 6.89. The highest BCUT2D eigenvalue weighted by molar-refractivity contribution is 5.79. The number of carbonyl (C=O) groups is 1. The molecule has 20 heavy (non-hydrogen) atoms. The molecule has 1 saturated carbocycles. The molecule has 2 rings (SSSR count). The second kappa shape index (κ2) is 6.93. The standard InChI is InChI=1S/C17H32N2O/c1-3-6-15(11-14-7-4-5-8-14)16(20)19-10-9-17(2,12-18)13-19/h14-15H,3-13,18H2,1-2H3. The highest BCUT2D eigenvalue weighted by Crippen LogP contribution is 2.35. The van der Waals surface area contributed by atoms with Crippen LogP contribution in [0, 0.1) is 17.3 Å². The normalized spacial score (nSPS) is 29.1. The third-order valence-electron chi connectivity index (χ3n) is 5.44. The summed E-state index contributed by atoms with van der Waals surface area (Å²) in [6, 6.07) is 0. The quantitative estimate of drug-likeness (QED) is 0.812. The van der Waals surface area contributed by atoms with E-state index >= 15 is 0 Å². The maximum atomic E-state index is 12.8. The zero-order valence-corrected chi connectivity index (χ0v) is 13.4. The lowest BCUT2D eigenvalue weighted by Crippen LogP contribution is -2.38. The van der Waals surface area contributed by atoms with E-state index in [0.29, 0.717) is 12.5 Å². The number of nitrogens with zero attached hydrogens (tertiary/aromatic N) is 1. The first kappa shape index (κ1) is 15.8. The first-order valence-electron chi connectivity index (χ1n) is 8.57. The van der Waals surface area contributed by atoms with Crippen molar-refractivity contribution in [2.75, 3.05) is 19.6 Å². The molecule has 1 amide bonds. The Labute approximate surface area is 124 Å². The van der Waals surface area contributed by atoms with Crippen LogP contribution < -0.4 is 5.73 Å². The van der Waals surface area contributed by atoms with Crippen LogP contribution in [0.3, 0.4) is 0 Å². The first-order valence-corrected chi connectivity index (χ1v) is 8.57. The van der Waals surface area contributed by atoms with Crippen LogP contribution in [-0.4, -0.2) is 30.4 Å². The molecule has 116 valence electrons. The predicted molar refractivity (Wildman–Crippen MR) is 83.3 cm³/mol. The number of hydrogen-bond acceptors (Lipinski definition) is 2. The van der Waals surface area contributed by atoms with E-state index < -0.39 is 0 Å². The van der Waals surface area contributed by atoms with Crippen LogP contribution >= 0.6 is 0 Å². The smallest absolute Gasteiger partial charge is 0.225 e. The zero-order valence-electron chi connectivity index (χ0n) is 13.4. The highest BCUT2D eigenvalue weighted by atomic mass is 16.2. The van der Waals surface area contributed by atoms with Crippen LogP contribution in [0.15, 0.2) is 0 Å². The summed E-state index contributed by atoms with van der Waals surface area (Å²) >= 11 is 0. The van der Waals surface area contributed by atoms with Crippen molar-refractivity contribution in [3.63, 3.8) is 0 Å². The van der Waals surface area contributed by atoms with E-state index in [1.54, 1.807) is 0 Å². The fourth-order valence-corrected chi connectivity index (χ4v) is 3.98. The van der Waals surface area contributed by atoms with E-state index in [1.165, 1.54) is 25.7 Å². The van der Waals surface area contributed by atoms with Crippen molar-refractivity contribution in [3.8, 4) is 0 Å². The van der Waals surface area contributed by atoms with Crippen LogP contribution in [0.25, 0.3) is 0 Å². The largest absolute Gasteiger partial charge is 0.342 e. The van der Waals surface area contributed by atoms with Gasteiger partial charge in [0.1, 0.15) is 0 Å². The summed E-state index contributed by atoms with van der Waals surface area (Å²) in [7, 11) is 0. The van der Waals surface area contributed by atoms with Gasteiger partial charge >= 0.3 is 0 Å². The predicted octanol–water partition coefficient (Wildman–Crippen LogP) is 3.18. The van der Waals surface area contributed by atoms with Crippen molar-refractivity contribution < 1.29 is 4.79 Å². The Kier molecular flexibility index (Phi) is 5.48. The summed E-state index contributed by atoms with van der Waals surface area (Å²) < 4.78 is 0. The molecular weight excluding hydrogens is 248 g/mol. The lowest BCUT2D eigenvalue weighted by molar-refractivity contribution is -0.135. The maximum Gasteiger partial charge on any atom is 0.225 e. The van der Waals surface area contributed by atoms with Crippen molar-refractivity contribution in [2.24, 2.45) is 23.0 Å².